The maximum Gasteiger partial charge on any atom is 0.407 e. The summed E-state index contributed by atoms with van der Waals surface area (Å²) in [5.41, 5.74) is -0.323. The van der Waals surface area contributed by atoms with Gasteiger partial charge < -0.3 is 20.1 Å². The molecule has 1 rings (SSSR count). The Morgan fingerprint density at radius 3 is 2.41 bits per heavy atom. The van der Waals surface area contributed by atoms with Gasteiger partial charge in [-0.25, -0.2) is 4.79 Å². The second-order valence-electron chi connectivity index (χ2n) is 7.71. The first-order valence-corrected chi connectivity index (χ1v) is 8.44. The molecule has 1 aliphatic carbocycles. The molecule has 1 saturated carbocycles. The van der Waals surface area contributed by atoms with Crippen molar-refractivity contribution in [1.82, 2.24) is 10.6 Å². The van der Waals surface area contributed by atoms with Gasteiger partial charge in [-0.3, -0.25) is 0 Å². The molecule has 0 aliphatic heterocycles. The Bertz CT molecular complexity index is 363. The van der Waals surface area contributed by atoms with Gasteiger partial charge in [0.2, 0.25) is 0 Å². The van der Waals surface area contributed by atoms with E-state index in [9.17, 15) is 4.79 Å². The van der Waals surface area contributed by atoms with Gasteiger partial charge in [0.1, 0.15) is 5.60 Å². The molecule has 1 aliphatic rings. The van der Waals surface area contributed by atoms with Crippen molar-refractivity contribution in [2.45, 2.75) is 85.1 Å². The molecule has 5 heteroatoms. The predicted molar refractivity (Wildman–Crippen MR) is 89.1 cm³/mol. The highest BCUT2D eigenvalue weighted by Crippen LogP contribution is 2.42. The van der Waals surface area contributed by atoms with E-state index in [0.717, 1.165) is 26.0 Å². The Morgan fingerprint density at radius 2 is 1.95 bits per heavy atom. The van der Waals surface area contributed by atoms with Gasteiger partial charge in [0.25, 0.3) is 0 Å². The molecular formula is C17H34N2O3. The number of hydrogen-bond acceptors (Lipinski definition) is 4. The molecule has 0 saturated heterocycles. The fourth-order valence-corrected chi connectivity index (χ4v) is 2.77. The highest BCUT2D eigenvalue weighted by molar-refractivity contribution is 5.68. The number of alkyl carbamates (subject to hydrolysis) is 1. The second-order valence-corrected chi connectivity index (χ2v) is 7.71. The van der Waals surface area contributed by atoms with Crippen LogP contribution in [0.3, 0.4) is 0 Å². The number of nitrogens with one attached hydrogen (secondary N) is 2. The van der Waals surface area contributed by atoms with E-state index >= 15 is 0 Å². The van der Waals surface area contributed by atoms with Crippen molar-refractivity contribution in [3.63, 3.8) is 0 Å². The number of amides is 1. The first kappa shape index (κ1) is 19.2. The molecule has 0 aromatic heterocycles. The molecule has 0 spiro atoms. The van der Waals surface area contributed by atoms with Crippen LogP contribution in [0.4, 0.5) is 4.79 Å². The Kier molecular flexibility index (Phi) is 6.68. The van der Waals surface area contributed by atoms with Gasteiger partial charge >= 0.3 is 6.09 Å². The Balaban J connectivity index is 2.37. The van der Waals surface area contributed by atoms with Crippen molar-refractivity contribution in [2.24, 2.45) is 5.41 Å². The fraction of sp³-hybridized carbons (Fsp3) is 0.941. The second kappa shape index (κ2) is 7.64. The summed E-state index contributed by atoms with van der Waals surface area (Å²) in [6, 6.07) is 0.510. The lowest BCUT2D eigenvalue weighted by molar-refractivity contribution is -0.114. The molecule has 5 nitrogen and oxygen atoms in total. The van der Waals surface area contributed by atoms with E-state index in [1.165, 1.54) is 0 Å². The summed E-state index contributed by atoms with van der Waals surface area (Å²) in [6.07, 6.45) is 1.88. The van der Waals surface area contributed by atoms with E-state index in [4.69, 9.17) is 9.47 Å². The summed E-state index contributed by atoms with van der Waals surface area (Å²) in [6.45, 7) is 15.7. The van der Waals surface area contributed by atoms with Gasteiger partial charge in [-0.15, -0.1) is 0 Å². The van der Waals surface area contributed by atoms with Crippen molar-refractivity contribution in [2.75, 3.05) is 13.2 Å². The van der Waals surface area contributed by atoms with E-state index in [1.54, 1.807) is 0 Å². The van der Waals surface area contributed by atoms with Crippen LogP contribution in [0.1, 0.15) is 61.3 Å². The average Bonchev–Trinajstić information content (AvgIpc) is 2.38. The summed E-state index contributed by atoms with van der Waals surface area (Å²) in [7, 11) is 0. The van der Waals surface area contributed by atoms with Crippen molar-refractivity contribution < 1.29 is 14.3 Å². The van der Waals surface area contributed by atoms with Crippen LogP contribution >= 0.6 is 0 Å². The van der Waals surface area contributed by atoms with E-state index < -0.39 is 5.60 Å². The minimum Gasteiger partial charge on any atom is -0.444 e. The lowest BCUT2D eigenvalue weighted by atomic mass is 9.64. The largest absolute Gasteiger partial charge is 0.444 e. The van der Waals surface area contributed by atoms with Gasteiger partial charge in [-0.05, 0) is 40.5 Å². The Labute approximate surface area is 135 Å². The monoisotopic (exact) mass is 314 g/mol. The molecule has 130 valence electrons. The van der Waals surface area contributed by atoms with Crippen LogP contribution in [0.25, 0.3) is 0 Å². The lowest BCUT2D eigenvalue weighted by Gasteiger charge is -2.52. The van der Waals surface area contributed by atoms with Crippen LogP contribution in [-0.4, -0.2) is 43.0 Å². The van der Waals surface area contributed by atoms with Crippen molar-refractivity contribution in [3.8, 4) is 0 Å². The first-order valence-electron chi connectivity index (χ1n) is 8.44. The minimum atomic E-state index is -0.462. The molecule has 0 aromatic rings. The van der Waals surface area contributed by atoms with Crippen molar-refractivity contribution in [3.05, 3.63) is 0 Å². The van der Waals surface area contributed by atoms with E-state index in [0.29, 0.717) is 12.1 Å². The predicted octanol–water partition coefficient (Wildman–Crippen LogP) is 3.08. The smallest absolute Gasteiger partial charge is 0.407 e. The number of ether oxygens (including phenoxy) is 2. The maximum absolute atomic E-state index is 11.8. The number of rotatable bonds is 7. The van der Waals surface area contributed by atoms with Gasteiger partial charge in [0.15, 0.2) is 0 Å². The zero-order valence-corrected chi connectivity index (χ0v) is 15.3. The number of carbonyl (C=O) groups excluding carboxylic acids is 1. The van der Waals surface area contributed by atoms with Gasteiger partial charge in [-0.2, -0.15) is 0 Å². The molecule has 0 heterocycles. The summed E-state index contributed by atoms with van der Waals surface area (Å²) in [5, 5.41) is 6.50. The summed E-state index contributed by atoms with van der Waals surface area (Å²) < 4.78 is 11.1. The van der Waals surface area contributed by atoms with Crippen LogP contribution < -0.4 is 10.6 Å². The Hall–Kier alpha value is -0.810. The quantitative estimate of drug-likeness (QED) is 0.758. The minimum absolute atomic E-state index is 0.0804. The highest BCUT2D eigenvalue weighted by Gasteiger charge is 2.48. The van der Waals surface area contributed by atoms with Crippen LogP contribution in [0.2, 0.25) is 0 Å². The van der Waals surface area contributed by atoms with E-state index in [1.807, 2.05) is 27.7 Å². The molecule has 1 fully saturated rings. The zero-order chi connectivity index (χ0) is 17.0. The third-order valence-electron chi connectivity index (χ3n) is 4.37. The summed E-state index contributed by atoms with van der Waals surface area (Å²) >= 11 is 0. The molecule has 1 amide bonds. The molecule has 3 atom stereocenters. The number of carbonyl (C=O) groups is 1. The number of hydrogen-bond donors (Lipinski definition) is 2. The zero-order valence-electron chi connectivity index (χ0n) is 15.3. The topological polar surface area (TPSA) is 59.6 Å². The molecule has 0 bridgehead atoms. The van der Waals surface area contributed by atoms with Gasteiger partial charge in [0, 0.05) is 30.7 Å². The molecule has 3 unspecified atom stereocenters. The van der Waals surface area contributed by atoms with Crippen LogP contribution in [0.5, 0.6) is 0 Å². The molecule has 0 aromatic carbocycles. The van der Waals surface area contributed by atoms with E-state index in [-0.39, 0.29) is 17.6 Å². The first-order chi connectivity index (χ1) is 10.1. The lowest BCUT2D eigenvalue weighted by Crippen LogP contribution is -2.62. The normalized spacial score (nSPS) is 25.2. The van der Waals surface area contributed by atoms with Crippen molar-refractivity contribution >= 4 is 6.09 Å². The molecular weight excluding hydrogens is 280 g/mol. The molecule has 2 N–H and O–H groups in total. The highest BCUT2D eigenvalue weighted by atomic mass is 16.6. The fourth-order valence-electron chi connectivity index (χ4n) is 2.77. The third-order valence-corrected chi connectivity index (χ3v) is 4.37. The summed E-state index contributed by atoms with van der Waals surface area (Å²) in [5.74, 6) is 0. The van der Waals surface area contributed by atoms with Crippen LogP contribution in [0, 0.1) is 5.41 Å². The molecule has 0 radical (unpaired) electrons. The van der Waals surface area contributed by atoms with E-state index in [2.05, 4.69) is 31.4 Å². The molecule has 22 heavy (non-hydrogen) atoms. The average molecular weight is 314 g/mol. The van der Waals surface area contributed by atoms with Crippen molar-refractivity contribution in [1.29, 1.82) is 0 Å². The van der Waals surface area contributed by atoms with Crippen LogP contribution in [-0.2, 0) is 9.47 Å². The summed E-state index contributed by atoms with van der Waals surface area (Å²) in [4.78, 5) is 11.8. The maximum atomic E-state index is 11.8. The standard InChI is InChI=1S/C17H34N2O3/c1-8-12(19-15(20)22-16(3,4)5)11-18-13-10-14(21-9-2)17(13,6)7/h12-14,18H,8-11H2,1-7H3,(H,19,20). The van der Waals surface area contributed by atoms with Crippen LogP contribution in [0.15, 0.2) is 0 Å². The van der Waals surface area contributed by atoms with Gasteiger partial charge in [-0.1, -0.05) is 20.8 Å². The Morgan fingerprint density at radius 1 is 1.32 bits per heavy atom. The SMILES string of the molecule is CCOC1CC(NCC(CC)NC(=O)OC(C)(C)C)C1(C)C. The van der Waals surface area contributed by atoms with Gasteiger partial charge in [0.05, 0.1) is 6.10 Å². The third kappa shape index (κ3) is 5.43.